The van der Waals surface area contributed by atoms with Crippen LogP contribution >= 0.6 is 0 Å². The lowest BCUT2D eigenvalue weighted by molar-refractivity contribution is 0.258. The van der Waals surface area contributed by atoms with E-state index >= 15 is 0 Å². The highest BCUT2D eigenvalue weighted by molar-refractivity contribution is 5.39. The van der Waals surface area contributed by atoms with Gasteiger partial charge < -0.3 is 14.8 Å². The topological polar surface area (TPSA) is 30.5 Å². The Morgan fingerprint density at radius 2 is 1.80 bits per heavy atom. The molecule has 0 aliphatic heterocycles. The van der Waals surface area contributed by atoms with Crippen LogP contribution in [-0.2, 0) is 0 Å². The number of methoxy groups -OCH3 is 1. The molecule has 3 nitrogen and oxygen atoms in total. The number of ether oxygens (including phenoxy) is 2. The number of rotatable bonds is 10. The van der Waals surface area contributed by atoms with E-state index in [0.29, 0.717) is 11.8 Å². The van der Waals surface area contributed by atoms with Crippen LogP contribution in [0.15, 0.2) is 24.3 Å². The average molecular weight is 279 g/mol. The number of benzene rings is 1. The van der Waals surface area contributed by atoms with Gasteiger partial charge >= 0.3 is 0 Å². The highest BCUT2D eigenvalue weighted by Crippen LogP contribution is 2.26. The van der Waals surface area contributed by atoms with Gasteiger partial charge in [0.05, 0.1) is 13.7 Å². The molecule has 0 bridgehead atoms. The number of nitrogens with one attached hydrogen (secondary N) is 1. The lowest BCUT2D eigenvalue weighted by Gasteiger charge is -2.17. The molecule has 1 N–H and O–H groups in total. The van der Waals surface area contributed by atoms with E-state index in [9.17, 15) is 0 Å². The molecule has 1 aromatic rings. The minimum Gasteiger partial charge on any atom is -0.493 e. The molecule has 114 valence electrons. The molecule has 0 spiro atoms. The Balaban J connectivity index is 2.30. The maximum Gasteiger partial charge on any atom is 0.161 e. The van der Waals surface area contributed by atoms with Crippen molar-refractivity contribution in [1.29, 1.82) is 0 Å². The molecule has 0 aromatic heterocycles. The van der Waals surface area contributed by atoms with Gasteiger partial charge in [0, 0.05) is 0 Å². The summed E-state index contributed by atoms with van der Waals surface area (Å²) in [6, 6.07) is 7.81. The number of hydrogen-bond acceptors (Lipinski definition) is 3. The first-order valence-electron chi connectivity index (χ1n) is 7.63. The van der Waals surface area contributed by atoms with Crippen molar-refractivity contribution in [1.82, 2.24) is 5.32 Å². The van der Waals surface area contributed by atoms with E-state index in [1.807, 2.05) is 24.3 Å². The standard InChI is InChI=1S/C17H29NO2/c1-5-15(13-18-12-14(2)3)10-11-20-17-9-7-6-8-16(17)19-4/h6-9,14-15,18H,5,10-13H2,1-4H3. The summed E-state index contributed by atoms with van der Waals surface area (Å²) in [5.41, 5.74) is 0. The molecule has 3 heteroatoms. The number of para-hydroxylation sites is 2. The van der Waals surface area contributed by atoms with E-state index in [2.05, 4.69) is 26.1 Å². The van der Waals surface area contributed by atoms with E-state index in [1.165, 1.54) is 6.42 Å². The lowest BCUT2D eigenvalue weighted by Crippen LogP contribution is -2.27. The van der Waals surface area contributed by atoms with Crippen molar-refractivity contribution >= 4 is 0 Å². The van der Waals surface area contributed by atoms with Gasteiger partial charge in [-0.15, -0.1) is 0 Å². The molecule has 0 fully saturated rings. The van der Waals surface area contributed by atoms with Crippen molar-refractivity contribution in [2.24, 2.45) is 11.8 Å². The van der Waals surface area contributed by atoms with E-state index in [4.69, 9.17) is 9.47 Å². The van der Waals surface area contributed by atoms with Crippen molar-refractivity contribution < 1.29 is 9.47 Å². The Bertz CT molecular complexity index is 366. The van der Waals surface area contributed by atoms with Crippen LogP contribution in [0.3, 0.4) is 0 Å². The molecular weight excluding hydrogens is 250 g/mol. The predicted octanol–water partition coefficient (Wildman–Crippen LogP) is 3.74. The van der Waals surface area contributed by atoms with Crippen LogP contribution in [-0.4, -0.2) is 26.8 Å². The highest BCUT2D eigenvalue weighted by Gasteiger charge is 2.08. The smallest absolute Gasteiger partial charge is 0.161 e. The third-order valence-electron chi connectivity index (χ3n) is 3.42. The molecule has 0 aliphatic carbocycles. The first-order chi connectivity index (χ1) is 9.67. The largest absolute Gasteiger partial charge is 0.493 e. The molecule has 1 aromatic carbocycles. The van der Waals surface area contributed by atoms with Gasteiger partial charge in [-0.1, -0.05) is 39.3 Å². The summed E-state index contributed by atoms with van der Waals surface area (Å²) in [5.74, 6) is 3.01. The summed E-state index contributed by atoms with van der Waals surface area (Å²) >= 11 is 0. The fourth-order valence-corrected chi connectivity index (χ4v) is 2.10. The Morgan fingerprint density at radius 1 is 1.10 bits per heavy atom. The zero-order chi connectivity index (χ0) is 14.8. The van der Waals surface area contributed by atoms with Crippen molar-refractivity contribution in [2.45, 2.75) is 33.6 Å². The average Bonchev–Trinajstić information content (AvgIpc) is 2.45. The van der Waals surface area contributed by atoms with E-state index < -0.39 is 0 Å². The Labute approximate surface area is 123 Å². The quantitative estimate of drug-likeness (QED) is 0.708. The molecule has 0 amide bonds. The number of hydrogen-bond donors (Lipinski definition) is 1. The van der Waals surface area contributed by atoms with Gasteiger partial charge in [0.2, 0.25) is 0 Å². The van der Waals surface area contributed by atoms with Crippen LogP contribution in [0, 0.1) is 11.8 Å². The van der Waals surface area contributed by atoms with Crippen molar-refractivity contribution in [3.8, 4) is 11.5 Å². The summed E-state index contributed by atoms with van der Waals surface area (Å²) in [6.07, 6.45) is 2.25. The summed E-state index contributed by atoms with van der Waals surface area (Å²) in [4.78, 5) is 0. The second-order valence-corrected chi connectivity index (χ2v) is 5.61. The summed E-state index contributed by atoms with van der Waals surface area (Å²) in [7, 11) is 1.67. The van der Waals surface area contributed by atoms with Crippen molar-refractivity contribution in [3.63, 3.8) is 0 Å². The van der Waals surface area contributed by atoms with Crippen LogP contribution in [0.2, 0.25) is 0 Å². The van der Waals surface area contributed by atoms with Crippen LogP contribution in [0.5, 0.6) is 11.5 Å². The molecule has 20 heavy (non-hydrogen) atoms. The van der Waals surface area contributed by atoms with Gasteiger partial charge in [0.1, 0.15) is 0 Å². The van der Waals surface area contributed by atoms with Crippen LogP contribution in [0.1, 0.15) is 33.6 Å². The Morgan fingerprint density at radius 3 is 2.40 bits per heavy atom. The van der Waals surface area contributed by atoms with Gasteiger partial charge in [0.15, 0.2) is 11.5 Å². The van der Waals surface area contributed by atoms with Crippen LogP contribution in [0.25, 0.3) is 0 Å². The molecular formula is C17H29NO2. The van der Waals surface area contributed by atoms with E-state index in [1.54, 1.807) is 7.11 Å². The molecule has 0 heterocycles. The van der Waals surface area contributed by atoms with Gasteiger partial charge in [-0.05, 0) is 43.5 Å². The van der Waals surface area contributed by atoms with Crippen molar-refractivity contribution in [3.05, 3.63) is 24.3 Å². The summed E-state index contributed by atoms with van der Waals surface area (Å²) < 4.78 is 11.1. The molecule has 1 unspecified atom stereocenters. The van der Waals surface area contributed by atoms with Crippen LogP contribution in [0.4, 0.5) is 0 Å². The zero-order valence-electron chi connectivity index (χ0n) is 13.3. The maximum absolute atomic E-state index is 5.83. The first kappa shape index (κ1) is 16.8. The summed E-state index contributed by atoms with van der Waals surface area (Å²) in [5, 5.41) is 3.53. The third kappa shape index (κ3) is 6.29. The maximum atomic E-state index is 5.83. The fraction of sp³-hybridized carbons (Fsp3) is 0.647. The summed E-state index contributed by atoms with van der Waals surface area (Å²) in [6.45, 7) is 9.61. The normalized spacial score (nSPS) is 12.4. The van der Waals surface area contributed by atoms with Gasteiger partial charge in [-0.2, -0.15) is 0 Å². The van der Waals surface area contributed by atoms with E-state index in [-0.39, 0.29) is 0 Å². The predicted molar refractivity (Wildman–Crippen MR) is 84.6 cm³/mol. The minimum atomic E-state index is 0.670. The van der Waals surface area contributed by atoms with Gasteiger partial charge in [-0.3, -0.25) is 0 Å². The second kappa shape index (κ2) is 9.65. The molecule has 0 aliphatic rings. The monoisotopic (exact) mass is 279 g/mol. The Hall–Kier alpha value is -1.22. The highest BCUT2D eigenvalue weighted by atomic mass is 16.5. The molecule has 1 atom stereocenters. The fourth-order valence-electron chi connectivity index (χ4n) is 2.10. The molecule has 0 saturated carbocycles. The Kier molecular flexibility index (Phi) is 8.12. The third-order valence-corrected chi connectivity index (χ3v) is 3.42. The van der Waals surface area contributed by atoms with Gasteiger partial charge in [0.25, 0.3) is 0 Å². The second-order valence-electron chi connectivity index (χ2n) is 5.61. The first-order valence-corrected chi connectivity index (χ1v) is 7.63. The molecule has 1 rings (SSSR count). The lowest BCUT2D eigenvalue weighted by atomic mass is 10.0. The SMILES string of the molecule is CCC(CCOc1ccccc1OC)CNCC(C)C. The molecule has 0 saturated heterocycles. The van der Waals surface area contributed by atoms with E-state index in [0.717, 1.165) is 37.6 Å². The van der Waals surface area contributed by atoms with Crippen LogP contribution < -0.4 is 14.8 Å². The van der Waals surface area contributed by atoms with Gasteiger partial charge in [-0.25, -0.2) is 0 Å². The zero-order valence-corrected chi connectivity index (χ0v) is 13.3. The molecule has 0 radical (unpaired) electrons. The minimum absolute atomic E-state index is 0.670. The van der Waals surface area contributed by atoms with Crippen molar-refractivity contribution in [2.75, 3.05) is 26.8 Å².